The summed E-state index contributed by atoms with van der Waals surface area (Å²) in [5.41, 5.74) is 2.16. The Hall–Kier alpha value is -1.35. The second kappa shape index (κ2) is 3.57. The van der Waals surface area contributed by atoms with Crippen LogP contribution in [-0.4, -0.2) is 15.1 Å². The zero-order chi connectivity index (χ0) is 12.0. The van der Waals surface area contributed by atoms with Crippen molar-refractivity contribution in [3.8, 4) is 0 Å². The fourth-order valence-corrected chi connectivity index (χ4v) is 2.28. The van der Waals surface area contributed by atoms with Crippen LogP contribution >= 0.6 is 0 Å². The minimum Gasteiger partial charge on any atom is -0.386 e. The molecular weight excluding hydrogens is 212 g/mol. The summed E-state index contributed by atoms with van der Waals surface area (Å²) in [5, 5.41) is 9.99. The van der Waals surface area contributed by atoms with Crippen molar-refractivity contribution < 1.29 is 5.11 Å². The molecule has 90 valence electrons. The summed E-state index contributed by atoms with van der Waals surface area (Å²) in [6.45, 7) is 3.61. The van der Waals surface area contributed by atoms with Gasteiger partial charge in [-0.15, -0.1) is 0 Å². The molecule has 0 bridgehead atoms. The van der Waals surface area contributed by atoms with Gasteiger partial charge in [0.25, 0.3) is 0 Å². The molecule has 1 aromatic heterocycles. The highest BCUT2D eigenvalue weighted by Crippen LogP contribution is 2.35. The molecule has 1 fully saturated rings. The van der Waals surface area contributed by atoms with Crippen molar-refractivity contribution >= 4 is 11.0 Å². The number of hydrogen-bond acceptors (Lipinski definition) is 2. The average Bonchev–Trinajstić information content (AvgIpc) is 2.54. The molecular formula is C14H18N2O. The standard InChI is InChI=1S/C14H18N2O/c1-14(2,17)10-6-7-11-12(8-10)16-13(15-11)9-4-3-5-9/h6-9,17H,3-5H2,1-2H3,(H,15,16). The van der Waals surface area contributed by atoms with Gasteiger partial charge >= 0.3 is 0 Å². The number of H-pyrrole nitrogens is 1. The normalized spacial score (nSPS) is 17.4. The lowest BCUT2D eigenvalue weighted by atomic mass is 9.85. The number of imidazole rings is 1. The number of fused-ring (bicyclic) bond motifs is 1. The van der Waals surface area contributed by atoms with Crippen molar-refractivity contribution in [2.45, 2.75) is 44.6 Å². The highest BCUT2D eigenvalue weighted by Gasteiger charge is 2.23. The summed E-state index contributed by atoms with van der Waals surface area (Å²) in [5.74, 6) is 1.73. The summed E-state index contributed by atoms with van der Waals surface area (Å²) in [6.07, 6.45) is 3.81. The van der Waals surface area contributed by atoms with Gasteiger partial charge < -0.3 is 10.1 Å². The Morgan fingerprint density at radius 3 is 2.71 bits per heavy atom. The first-order valence-electron chi connectivity index (χ1n) is 6.26. The summed E-state index contributed by atoms with van der Waals surface area (Å²) in [6, 6.07) is 5.94. The third-order valence-corrected chi connectivity index (χ3v) is 3.70. The molecule has 0 atom stereocenters. The van der Waals surface area contributed by atoms with E-state index >= 15 is 0 Å². The molecule has 2 aromatic rings. The topological polar surface area (TPSA) is 48.9 Å². The molecule has 3 rings (SSSR count). The SMILES string of the molecule is CC(C)(O)c1ccc2nc(C3CCC3)[nH]c2c1. The molecule has 2 N–H and O–H groups in total. The van der Waals surface area contributed by atoms with E-state index in [-0.39, 0.29) is 0 Å². The van der Waals surface area contributed by atoms with Crippen LogP contribution in [-0.2, 0) is 5.60 Å². The van der Waals surface area contributed by atoms with Crippen LogP contribution in [0.25, 0.3) is 11.0 Å². The van der Waals surface area contributed by atoms with Crippen LogP contribution in [0.2, 0.25) is 0 Å². The number of nitrogens with one attached hydrogen (secondary N) is 1. The number of aromatic nitrogens is 2. The van der Waals surface area contributed by atoms with E-state index in [1.807, 2.05) is 18.2 Å². The molecule has 0 spiro atoms. The molecule has 3 nitrogen and oxygen atoms in total. The van der Waals surface area contributed by atoms with E-state index in [9.17, 15) is 5.11 Å². The predicted molar refractivity (Wildman–Crippen MR) is 67.9 cm³/mol. The molecule has 0 saturated heterocycles. The lowest BCUT2D eigenvalue weighted by molar-refractivity contribution is 0.0787. The Bertz CT molecular complexity index is 547. The van der Waals surface area contributed by atoms with Gasteiger partial charge in [0.2, 0.25) is 0 Å². The number of hydrogen-bond donors (Lipinski definition) is 2. The molecule has 1 aliphatic rings. The first-order chi connectivity index (χ1) is 8.04. The van der Waals surface area contributed by atoms with Crippen LogP contribution in [0, 0.1) is 0 Å². The number of benzene rings is 1. The summed E-state index contributed by atoms with van der Waals surface area (Å²) in [4.78, 5) is 8.01. The van der Waals surface area contributed by atoms with Crippen LogP contribution in [0.3, 0.4) is 0 Å². The highest BCUT2D eigenvalue weighted by atomic mass is 16.3. The van der Waals surface area contributed by atoms with Crippen LogP contribution in [0.15, 0.2) is 18.2 Å². The van der Waals surface area contributed by atoms with Gasteiger partial charge in [0.15, 0.2) is 0 Å². The number of nitrogens with zero attached hydrogens (tertiary/aromatic N) is 1. The van der Waals surface area contributed by atoms with E-state index in [2.05, 4.69) is 9.97 Å². The van der Waals surface area contributed by atoms with Gasteiger partial charge in [-0.1, -0.05) is 12.5 Å². The smallest absolute Gasteiger partial charge is 0.110 e. The van der Waals surface area contributed by atoms with Gasteiger partial charge in [-0.25, -0.2) is 4.98 Å². The average molecular weight is 230 g/mol. The molecule has 0 radical (unpaired) electrons. The first-order valence-corrected chi connectivity index (χ1v) is 6.26. The molecule has 17 heavy (non-hydrogen) atoms. The molecule has 0 aliphatic heterocycles. The summed E-state index contributed by atoms with van der Waals surface area (Å²) >= 11 is 0. The maximum atomic E-state index is 9.99. The maximum absolute atomic E-state index is 9.99. The van der Waals surface area contributed by atoms with E-state index in [0.29, 0.717) is 5.92 Å². The Morgan fingerprint density at radius 2 is 2.12 bits per heavy atom. The second-order valence-electron chi connectivity index (χ2n) is 5.54. The summed E-state index contributed by atoms with van der Waals surface area (Å²) in [7, 11) is 0. The highest BCUT2D eigenvalue weighted by molar-refractivity contribution is 5.76. The second-order valence-corrected chi connectivity index (χ2v) is 5.54. The number of aliphatic hydroxyl groups is 1. The zero-order valence-corrected chi connectivity index (χ0v) is 10.3. The van der Waals surface area contributed by atoms with Crippen LogP contribution in [0.5, 0.6) is 0 Å². The predicted octanol–water partition coefficient (Wildman–Crippen LogP) is 3.06. The molecule has 3 heteroatoms. The molecule has 1 aliphatic carbocycles. The molecule has 0 amide bonds. The fourth-order valence-electron chi connectivity index (χ4n) is 2.28. The van der Waals surface area contributed by atoms with E-state index < -0.39 is 5.60 Å². The van der Waals surface area contributed by atoms with Crippen molar-refractivity contribution in [1.82, 2.24) is 9.97 Å². The third kappa shape index (κ3) is 1.84. The molecule has 1 saturated carbocycles. The minimum absolute atomic E-state index is 0.619. The fraction of sp³-hybridized carbons (Fsp3) is 0.500. The Kier molecular flexibility index (Phi) is 2.26. The van der Waals surface area contributed by atoms with Crippen molar-refractivity contribution in [2.24, 2.45) is 0 Å². The van der Waals surface area contributed by atoms with Crippen LogP contribution in [0.4, 0.5) is 0 Å². The quantitative estimate of drug-likeness (QED) is 0.833. The van der Waals surface area contributed by atoms with Crippen LogP contribution < -0.4 is 0 Å². The molecule has 1 heterocycles. The maximum Gasteiger partial charge on any atom is 0.110 e. The number of aromatic amines is 1. The van der Waals surface area contributed by atoms with Gasteiger partial charge in [0.1, 0.15) is 5.82 Å². The lowest BCUT2D eigenvalue weighted by Crippen LogP contribution is -2.14. The zero-order valence-electron chi connectivity index (χ0n) is 10.3. The van der Waals surface area contributed by atoms with Crippen molar-refractivity contribution in [3.63, 3.8) is 0 Å². The Morgan fingerprint density at radius 1 is 1.35 bits per heavy atom. The Balaban J connectivity index is 2.04. The number of rotatable bonds is 2. The van der Waals surface area contributed by atoms with Gasteiger partial charge in [0.05, 0.1) is 16.6 Å². The van der Waals surface area contributed by atoms with E-state index in [0.717, 1.165) is 22.4 Å². The van der Waals surface area contributed by atoms with Crippen molar-refractivity contribution in [1.29, 1.82) is 0 Å². The van der Waals surface area contributed by atoms with Crippen molar-refractivity contribution in [3.05, 3.63) is 29.6 Å². The van der Waals surface area contributed by atoms with E-state index in [1.54, 1.807) is 13.8 Å². The monoisotopic (exact) mass is 230 g/mol. The largest absolute Gasteiger partial charge is 0.386 e. The van der Waals surface area contributed by atoms with Crippen LogP contribution in [0.1, 0.15) is 50.4 Å². The Labute approximate surface area is 101 Å². The van der Waals surface area contributed by atoms with Gasteiger partial charge in [-0.05, 0) is 44.4 Å². The molecule has 1 aromatic carbocycles. The minimum atomic E-state index is -0.796. The lowest BCUT2D eigenvalue weighted by Gasteiger charge is -2.22. The first kappa shape index (κ1) is 10.8. The van der Waals surface area contributed by atoms with Crippen molar-refractivity contribution in [2.75, 3.05) is 0 Å². The molecule has 0 unspecified atom stereocenters. The van der Waals surface area contributed by atoms with Gasteiger partial charge in [-0.2, -0.15) is 0 Å². The van der Waals surface area contributed by atoms with E-state index in [4.69, 9.17) is 0 Å². The summed E-state index contributed by atoms with van der Waals surface area (Å²) < 4.78 is 0. The van der Waals surface area contributed by atoms with Gasteiger partial charge in [0, 0.05) is 5.92 Å². The van der Waals surface area contributed by atoms with E-state index in [1.165, 1.54) is 19.3 Å². The third-order valence-electron chi connectivity index (χ3n) is 3.70. The van der Waals surface area contributed by atoms with Gasteiger partial charge in [-0.3, -0.25) is 0 Å².